The number of nitrogens with one attached hydrogen (secondary N) is 1. The summed E-state index contributed by atoms with van der Waals surface area (Å²) in [5.41, 5.74) is 5.19. The van der Waals surface area contributed by atoms with Crippen molar-refractivity contribution in [3.05, 3.63) is 90.3 Å². The quantitative estimate of drug-likeness (QED) is 0.443. The van der Waals surface area contributed by atoms with Crippen LogP contribution in [0.5, 0.6) is 0 Å². The number of rotatable bonds is 5. The first kappa shape index (κ1) is 20.3. The van der Waals surface area contributed by atoms with Crippen LogP contribution in [0.4, 0.5) is 10.5 Å². The molecule has 1 atom stereocenters. The van der Waals surface area contributed by atoms with Crippen LogP contribution in [0.15, 0.2) is 79.1 Å². The summed E-state index contributed by atoms with van der Waals surface area (Å²) in [6.45, 7) is 3.48. The molecule has 0 fully saturated rings. The van der Waals surface area contributed by atoms with E-state index in [-0.39, 0.29) is 17.9 Å². The van der Waals surface area contributed by atoms with Crippen molar-refractivity contribution < 1.29 is 9.59 Å². The average molecular weight is 412 g/mol. The van der Waals surface area contributed by atoms with Crippen LogP contribution in [0.3, 0.4) is 0 Å². The van der Waals surface area contributed by atoms with Gasteiger partial charge < -0.3 is 10.2 Å². The van der Waals surface area contributed by atoms with Gasteiger partial charge in [0.15, 0.2) is 5.78 Å². The fourth-order valence-corrected chi connectivity index (χ4v) is 3.51. The molecule has 4 rings (SSSR count). The maximum Gasteiger partial charge on any atom is 0.322 e. The number of anilines is 1. The van der Waals surface area contributed by atoms with Gasteiger partial charge in [0, 0.05) is 24.0 Å². The maximum atomic E-state index is 12.7. The van der Waals surface area contributed by atoms with Gasteiger partial charge in [0.2, 0.25) is 0 Å². The predicted octanol–water partition coefficient (Wildman–Crippen LogP) is 5.45. The molecule has 0 radical (unpaired) electrons. The first-order valence-electron chi connectivity index (χ1n) is 10.1. The second-order valence-corrected chi connectivity index (χ2v) is 7.55. The van der Waals surface area contributed by atoms with Crippen LogP contribution >= 0.6 is 0 Å². The molecular formula is C25H24N4O2. The molecule has 0 saturated heterocycles. The molecule has 0 spiro atoms. The minimum atomic E-state index is -0.238. The number of Topliss-reactive ketones (excluding diaryl/α,β-unsaturated/α-hetero) is 1. The van der Waals surface area contributed by atoms with Crippen molar-refractivity contribution in [1.29, 1.82) is 0 Å². The monoisotopic (exact) mass is 412 g/mol. The van der Waals surface area contributed by atoms with Crippen LogP contribution < -0.4 is 5.32 Å². The van der Waals surface area contributed by atoms with Gasteiger partial charge in [-0.05, 0) is 55.8 Å². The molecule has 0 aliphatic carbocycles. The van der Waals surface area contributed by atoms with E-state index in [1.54, 1.807) is 36.2 Å². The van der Waals surface area contributed by atoms with Crippen LogP contribution in [0.1, 0.15) is 35.8 Å². The molecular weight excluding hydrogens is 388 g/mol. The van der Waals surface area contributed by atoms with E-state index in [1.807, 2.05) is 66.3 Å². The highest BCUT2D eigenvalue weighted by molar-refractivity contribution is 5.96. The SMILES string of the molecule is CC(=O)c1cccc(NC(=O)N(C)C(C)c2ccc(-n3cnc4ccccc43)cc2)c1. The Morgan fingerprint density at radius 2 is 1.74 bits per heavy atom. The number of carbonyl (C=O) groups is 2. The molecule has 0 aliphatic heterocycles. The number of carbonyl (C=O) groups excluding carboxylic acids is 2. The molecule has 0 bridgehead atoms. The van der Waals surface area contributed by atoms with Gasteiger partial charge in [-0.3, -0.25) is 9.36 Å². The lowest BCUT2D eigenvalue weighted by Gasteiger charge is -2.26. The Kier molecular flexibility index (Phi) is 5.54. The van der Waals surface area contributed by atoms with E-state index in [9.17, 15) is 9.59 Å². The van der Waals surface area contributed by atoms with Gasteiger partial charge >= 0.3 is 6.03 Å². The molecule has 2 amide bonds. The summed E-state index contributed by atoms with van der Waals surface area (Å²) in [6.07, 6.45) is 1.82. The van der Waals surface area contributed by atoms with Crippen LogP contribution in [-0.2, 0) is 0 Å². The largest absolute Gasteiger partial charge is 0.322 e. The number of nitrogens with zero attached hydrogens (tertiary/aromatic N) is 3. The summed E-state index contributed by atoms with van der Waals surface area (Å²) < 4.78 is 2.04. The van der Waals surface area contributed by atoms with Gasteiger partial charge in [-0.2, -0.15) is 0 Å². The van der Waals surface area contributed by atoms with Crippen molar-refractivity contribution in [3.63, 3.8) is 0 Å². The topological polar surface area (TPSA) is 67.2 Å². The first-order chi connectivity index (χ1) is 14.9. The second kappa shape index (κ2) is 8.44. The van der Waals surface area contributed by atoms with E-state index in [0.29, 0.717) is 11.3 Å². The third kappa shape index (κ3) is 4.19. The van der Waals surface area contributed by atoms with Gasteiger partial charge in [-0.25, -0.2) is 9.78 Å². The number of hydrogen-bond donors (Lipinski definition) is 1. The maximum absolute atomic E-state index is 12.7. The molecule has 1 heterocycles. The van der Waals surface area contributed by atoms with E-state index in [1.165, 1.54) is 6.92 Å². The smallest absolute Gasteiger partial charge is 0.321 e. The Hall–Kier alpha value is -3.93. The number of urea groups is 1. The molecule has 1 unspecified atom stereocenters. The number of benzene rings is 3. The van der Waals surface area contributed by atoms with E-state index >= 15 is 0 Å². The second-order valence-electron chi connectivity index (χ2n) is 7.55. The third-order valence-electron chi connectivity index (χ3n) is 5.53. The number of ketones is 1. The Morgan fingerprint density at radius 1 is 1.00 bits per heavy atom. The lowest BCUT2D eigenvalue weighted by Crippen LogP contribution is -2.33. The molecule has 31 heavy (non-hydrogen) atoms. The Labute approximate surface area is 181 Å². The normalized spacial score (nSPS) is 11.8. The first-order valence-corrected chi connectivity index (χ1v) is 10.1. The fraction of sp³-hybridized carbons (Fsp3) is 0.160. The number of imidazole rings is 1. The van der Waals surface area contributed by atoms with Gasteiger partial charge in [0.05, 0.1) is 17.1 Å². The van der Waals surface area contributed by atoms with Gasteiger partial charge in [0.1, 0.15) is 6.33 Å². The van der Waals surface area contributed by atoms with E-state index < -0.39 is 0 Å². The van der Waals surface area contributed by atoms with Crippen molar-refractivity contribution in [2.45, 2.75) is 19.9 Å². The van der Waals surface area contributed by atoms with Crippen molar-refractivity contribution in [3.8, 4) is 5.69 Å². The molecule has 6 heteroatoms. The molecule has 156 valence electrons. The molecule has 0 saturated carbocycles. The minimum absolute atomic E-state index is 0.0383. The minimum Gasteiger partial charge on any atom is -0.321 e. The number of para-hydroxylation sites is 2. The number of fused-ring (bicyclic) bond motifs is 1. The standard InChI is InChI=1S/C25H24N4O2/c1-17(28(3)25(31)27-21-8-6-7-20(15-21)18(2)30)19-11-13-22(14-12-19)29-16-26-23-9-4-5-10-24(23)29/h4-17H,1-3H3,(H,27,31). The zero-order valence-corrected chi connectivity index (χ0v) is 17.7. The predicted molar refractivity (Wildman–Crippen MR) is 123 cm³/mol. The van der Waals surface area contributed by atoms with Crippen LogP contribution in [0, 0.1) is 0 Å². The average Bonchev–Trinajstić information content (AvgIpc) is 3.22. The molecule has 3 aromatic carbocycles. The highest BCUT2D eigenvalue weighted by Crippen LogP contribution is 2.23. The fourth-order valence-electron chi connectivity index (χ4n) is 3.51. The highest BCUT2D eigenvalue weighted by atomic mass is 16.2. The number of aromatic nitrogens is 2. The van der Waals surface area contributed by atoms with E-state index in [4.69, 9.17) is 0 Å². The van der Waals surface area contributed by atoms with Gasteiger partial charge in [0.25, 0.3) is 0 Å². The van der Waals surface area contributed by atoms with Gasteiger partial charge in [-0.1, -0.05) is 36.4 Å². The summed E-state index contributed by atoms with van der Waals surface area (Å²) in [4.78, 5) is 30.4. The summed E-state index contributed by atoms with van der Waals surface area (Å²) in [6, 6.07) is 22.7. The number of amides is 2. The summed E-state index contributed by atoms with van der Waals surface area (Å²) in [5, 5.41) is 2.86. The van der Waals surface area contributed by atoms with E-state index in [0.717, 1.165) is 22.3 Å². The van der Waals surface area contributed by atoms with Crippen molar-refractivity contribution >= 4 is 28.5 Å². The highest BCUT2D eigenvalue weighted by Gasteiger charge is 2.18. The molecule has 1 N–H and O–H groups in total. The Bertz CT molecular complexity index is 1240. The lowest BCUT2D eigenvalue weighted by molar-refractivity contribution is 0.101. The summed E-state index contributed by atoms with van der Waals surface area (Å²) in [7, 11) is 1.76. The molecule has 0 aliphatic rings. The molecule has 1 aromatic heterocycles. The zero-order chi connectivity index (χ0) is 22.0. The third-order valence-corrected chi connectivity index (χ3v) is 5.53. The summed E-state index contributed by atoms with van der Waals surface area (Å²) in [5.74, 6) is -0.0383. The van der Waals surface area contributed by atoms with Crippen LogP contribution in [-0.4, -0.2) is 33.3 Å². The van der Waals surface area contributed by atoms with Crippen LogP contribution in [0.2, 0.25) is 0 Å². The summed E-state index contributed by atoms with van der Waals surface area (Å²) >= 11 is 0. The Morgan fingerprint density at radius 3 is 2.48 bits per heavy atom. The van der Waals surface area contributed by atoms with E-state index in [2.05, 4.69) is 10.3 Å². The van der Waals surface area contributed by atoms with Crippen molar-refractivity contribution in [1.82, 2.24) is 14.5 Å². The van der Waals surface area contributed by atoms with Crippen LogP contribution in [0.25, 0.3) is 16.7 Å². The Balaban J connectivity index is 1.48. The van der Waals surface area contributed by atoms with Gasteiger partial charge in [-0.15, -0.1) is 0 Å². The van der Waals surface area contributed by atoms with Crippen molar-refractivity contribution in [2.24, 2.45) is 0 Å². The molecule has 6 nitrogen and oxygen atoms in total. The molecule has 4 aromatic rings. The lowest BCUT2D eigenvalue weighted by atomic mass is 10.1. The van der Waals surface area contributed by atoms with Crippen molar-refractivity contribution in [2.75, 3.05) is 12.4 Å². The zero-order valence-electron chi connectivity index (χ0n) is 17.7. The number of hydrogen-bond acceptors (Lipinski definition) is 3.